The van der Waals surface area contributed by atoms with E-state index in [4.69, 9.17) is 10.2 Å². The van der Waals surface area contributed by atoms with Crippen LogP contribution >= 0.6 is 12.6 Å². The highest BCUT2D eigenvalue weighted by Gasteiger charge is 2.27. The van der Waals surface area contributed by atoms with Crippen molar-refractivity contribution in [3.8, 4) is 0 Å². The maximum absolute atomic E-state index is 10.9. The van der Waals surface area contributed by atoms with E-state index in [1.165, 1.54) is 0 Å². The zero-order valence-corrected chi connectivity index (χ0v) is 8.40. The van der Waals surface area contributed by atoms with Crippen molar-refractivity contribution >= 4 is 30.5 Å². The first-order valence-electron chi connectivity index (χ1n) is 3.72. The Morgan fingerprint density at radius 3 is 2.07 bits per heavy atom. The molecule has 0 radical (unpaired) electrons. The van der Waals surface area contributed by atoms with E-state index in [1.807, 2.05) is 0 Å². The normalized spacial score (nSPS) is 11.9. The van der Waals surface area contributed by atoms with Gasteiger partial charge in [0.2, 0.25) is 5.91 Å². The van der Waals surface area contributed by atoms with E-state index in [1.54, 1.807) is 0 Å². The van der Waals surface area contributed by atoms with Crippen LogP contribution in [0.3, 0.4) is 0 Å². The summed E-state index contributed by atoms with van der Waals surface area (Å²) >= 11 is 3.74. The SMILES string of the molecule is CC(=O)N(CC(=O)O)[C@@H](CS)C(=O)O. The van der Waals surface area contributed by atoms with Crippen LogP contribution < -0.4 is 0 Å². The molecule has 1 amide bonds. The Morgan fingerprint density at radius 2 is 1.86 bits per heavy atom. The third-order valence-electron chi connectivity index (χ3n) is 1.54. The molecule has 0 aliphatic heterocycles. The molecule has 0 bridgehead atoms. The Hall–Kier alpha value is -1.24. The second kappa shape index (κ2) is 5.48. The number of carbonyl (C=O) groups excluding carboxylic acids is 1. The van der Waals surface area contributed by atoms with Crippen LogP contribution in [-0.2, 0) is 14.4 Å². The van der Waals surface area contributed by atoms with Crippen LogP contribution in [0.25, 0.3) is 0 Å². The van der Waals surface area contributed by atoms with E-state index in [9.17, 15) is 14.4 Å². The fraction of sp³-hybridized carbons (Fsp3) is 0.571. The van der Waals surface area contributed by atoms with Crippen molar-refractivity contribution in [1.82, 2.24) is 4.90 Å². The van der Waals surface area contributed by atoms with Crippen molar-refractivity contribution in [2.75, 3.05) is 12.3 Å². The molecule has 7 heteroatoms. The summed E-state index contributed by atoms with van der Waals surface area (Å²) in [6.45, 7) is 0.481. The standard InChI is InChI=1S/C7H11NO5S/c1-4(9)8(2-6(10)11)5(3-14)7(12)13/h5,14H,2-3H2,1H3,(H,10,11)(H,12,13)/t5-/m0/s1. The van der Waals surface area contributed by atoms with Crippen LogP contribution in [0.4, 0.5) is 0 Å². The van der Waals surface area contributed by atoms with E-state index >= 15 is 0 Å². The lowest BCUT2D eigenvalue weighted by Gasteiger charge is -2.24. The van der Waals surface area contributed by atoms with Crippen LogP contribution in [0.1, 0.15) is 6.92 Å². The summed E-state index contributed by atoms with van der Waals surface area (Å²) in [7, 11) is 0. The summed E-state index contributed by atoms with van der Waals surface area (Å²) in [4.78, 5) is 32.7. The van der Waals surface area contributed by atoms with Crippen molar-refractivity contribution in [1.29, 1.82) is 0 Å². The van der Waals surface area contributed by atoms with E-state index in [2.05, 4.69) is 12.6 Å². The lowest BCUT2D eigenvalue weighted by atomic mass is 10.2. The van der Waals surface area contributed by atoms with Crippen molar-refractivity contribution in [2.45, 2.75) is 13.0 Å². The van der Waals surface area contributed by atoms with Gasteiger partial charge in [0.05, 0.1) is 0 Å². The van der Waals surface area contributed by atoms with E-state index < -0.39 is 30.4 Å². The molecule has 0 saturated carbocycles. The Bertz CT molecular complexity index is 254. The van der Waals surface area contributed by atoms with Gasteiger partial charge in [0.15, 0.2) is 0 Å². The summed E-state index contributed by atoms with van der Waals surface area (Å²) < 4.78 is 0. The number of nitrogens with zero attached hydrogens (tertiary/aromatic N) is 1. The zero-order chi connectivity index (χ0) is 11.3. The molecular weight excluding hydrogens is 210 g/mol. The van der Waals surface area contributed by atoms with Gasteiger partial charge in [-0.1, -0.05) is 0 Å². The predicted octanol–water partition coefficient (Wildman–Crippen LogP) is -0.698. The minimum atomic E-state index is -1.27. The minimum absolute atomic E-state index is 0.123. The summed E-state index contributed by atoms with van der Waals surface area (Å²) in [5, 5.41) is 17.1. The third kappa shape index (κ3) is 3.65. The topological polar surface area (TPSA) is 94.9 Å². The molecule has 80 valence electrons. The second-order valence-electron chi connectivity index (χ2n) is 2.58. The highest BCUT2D eigenvalue weighted by molar-refractivity contribution is 7.80. The molecule has 0 aliphatic carbocycles. The lowest BCUT2D eigenvalue weighted by Crippen LogP contribution is -2.47. The number of carboxylic acid groups (broad SMARTS) is 2. The summed E-state index contributed by atoms with van der Waals surface area (Å²) in [5.41, 5.74) is 0. The molecule has 0 spiro atoms. The average molecular weight is 221 g/mol. The Morgan fingerprint density at radius 1 is 1.36 bits per heavy atom. The van der Waals surface area contributed by atoms with Crippen LogP contribution in [-0.4, -0.2) is 51.3 Å². The molecule has 0 aromatic rings. The molecule has 0 aromatic carbocycles. The van der Waals surface area contributed by atoms with Gasteiger partial charge in [-0.2, -0.15) is 12.6 Å². The van der Waals surface area contributed by atoms with Gasteiger partial charge in [-0.05, 0) is 0 Å². The van der Waals surface area contributed by atoms with E-state index in [0.29, 0.717) is 0 Å². The predicted molar refractivity (Wildman–Crippen MR) is 50.3 cm³/mol. The van der Waals surface area contributed by atoms with Gasteiger partial charge in [-0.25, -0.2) is 4.79 Å². The molecule has 0 rings (SSSR count). The largest absolute Gasteiger partial charge is 0.480 e. The van der Waals surface area contributed by atoms with Crippen molar-refractivity contribution < 1.29 is 24.6 Å². The van der Waals surface area contributed by atoms with E-state index in [-0.39, 0.29) is 5.75 Å². The van der Waals surface area contributed by atoms with Gasteiger partial charge in [-0.3, -0.25) is 9.59 Å². The Kier molecular flexibility index (Phi) is 5.00. The molecular formula is C7H11NO5S. The first-order valence-corrected chi connectivity index (χ1v) is 4.36. The number of carboxylic acids is 2. The van der Waals surface area contributed by atoms with Gasteiger partial charge >= 0.3 is 11.9 Å². The molecule has 0 heterocycles. The molecule has 0 aromatic heterocycles. The van der Waals surface area contributed by atoms with Crippen LogP contribution in [0, 0.1) is 0 Å². The Balaban J connectivity index is 4.69. The summed E-state index contributed by atoms with van der Waals surface area (Å²) in [6.07, 6.45) is 0. The van der Waals surface area contributed by atoms with Crippen LogP contribution in [0.2, 0.25) is 0 Å². The molecule has 14 heavy (non-hydrogen) atoms. The quantitative estimate of drug-likeness (QED) is 0.534. The maximum atomic E-state index is 10.9. The minimum Gasteiger partial charge on any atom is -0.480 e. The number of thiol groups is 1. The monoisotopic (exact) mass is 221 g/mol. The first kappa shape index (κ1) is 12.8. The lowest BCUT2D eigenvalue weighted by molar-refractivity contribution is -0.152. The number of hydrogen-bond acceptors (Lipinski definition) is 4. The number of hydrogen-bond donors (Lipinski definition) is 3. The van der Waals surface area contributed by atoms with Gasteiger partial charge in [0.25, 0.3) is 0 Å². The molecule has 0 unspecified atom stereocenters. The maximum Gasteiger partial charge on any atom is 0.327 e. The number of rotatable bonds is 5. The zero-order valence-electron chi connectivity index (χ0n) is 7.51. The first-order chi connectivity index (χ1) is 6.40. The fourth-order valence-electron chi connectivity index (χ4n) is 0.897. The molecule has 2 N–H and O–H groups in total. The average Bonchev–Trinajstić information content (AvgIpc) is 2.02. The summed E-state index contributed by atoms with van der Waals surface area (Å²) in [5.74, 6) is -3.25. The fourth-order valence-corrected chi connectivity index (χ4v) is 1.25. The van der Waals surface area contributed by atoms with Crippen molar-refractivity contribution in [2.24, 2.45) is 0 Å². The molecule has 0 saturated heterocycles. The van der Waals surface area contributed by atoms with Gasteiger partial charge < -0.3 is 15.1 Å². The van der Waals surface area contributed by atoms with Crippen molar-refractivity contribution in [3.63, 3.8) is 0 Å². The Labute approximate surface area is 85.9 Å². The van der Waals surface area contributed by atoms with Gasteiger partial charge in [0.1, 0.15) is 12.6 Å². The number of aliphatic carboxylic acids is 2. The van der Waals surface area contributed by atoms with Crippen LogP contribution in [0.15, 0.2) is 0 Å². The second-order valence-corrected chi connectivity index (χ2v) is 2.94. The summed E-state index contributed by atoms with van der Waals surface area (Å²) in [6, 6.07) is -1.20. The molecule has 1 atom stereocenters. The van der Waals surface area contributed by atoms with Gasteiger partial charge in [-0.15, -0.1) is 0 Å². The van der Waals surface area contributed by atoms with E-state index in [0.717, 1.165) is 11.8 Å². The smallest absolute Gasteiger partial charge is 0.327 e. The third-order valence-corrected chi connectivity index (χ3v) is 1.89. The number of carbonyl (C=O) groups is 3. The van der Waals surface area contributed by atoms with Gasteiger partial charge in [0, 0.05) is 12.7 Å². The molecule has 0 aliphatic rings. The molecule has 6 nitrogen and oxygen atoms in total. The molecule has 0 fully saturated rings. The number of amides is 1. The van der Waals surface area contributed by atoms with Crippen LogP contribution in [0.5, 0.6) is 0 Å². The highest BCUT2D eigenvalue weighted by Crippen LogP contribution is 2.03. The van der Waals surface area contributed by atoms with Crippen molar-refractivity contribution in [3.05, 3.63) is 0 Å². The highest BCUT2D eigenvalue weighted by atomic mass is 32.1.